The highest BCUT2D eigenvalue weighted by atomic mass is 16.1. The van der Waals surface area contributed by atoms with E-state index in [4.69, 9.17) is 0 Å². The molecule has 0 saturated carbocycles. The van der Waals surface area contributed by atoms with Crippen molar-refractivity contribution in [3.8, 4) is 0 Å². The highest BCUT2D eigenvalue weighted by Crippen LogP contribution is 2.29. The molecule has 0 radical (unpaired) electrons. The summed E-state index contributed by atoms with van der Waals surface area (Å²) < 4.78 is 0. The van der Waals surface area contributed by atoms with Crippen LogP contribution in [-0.4, -0.2) is 5.78 Å². The van der Waals surface area contributed by atoms with Gasteiger partial charge in [0.25, 0.3) is 0 Å². The molecule has 0 heterocycles. The van der Waals surface area contributed by atoms with E-state index < -0.39 is 0 Å². The van der Waals surface area contributed by atoms with E-state index in [0.717, 1.165) is 16.8 Å². The first kappa shape index (κ1) is 15.8. The molecule has 0 unspecified atom stereocenters. The number of ketones is 1. The summed E-state index contributed by atoms with van der Waals surface area (Å²) in [5.74, 6) is -0.0435. The van der Waals surface area contributed by atoms with Crippen LogP contribution in [0.3, 0.4) is 0 Å². The SMILES string of the molecule is Cc1ccccc1N=Nc1c(C)cccc1C(=O)c1ccccc1. The molecule has 0 fully saturated rings. The first-order valence-corrected chi connectivity index (χ1v) is 7.83. The van der Waals surface area contributed by atoms with Crippen LogP contribution in [0.15, 0.2) is 83.0 Å². The zero-order valence-electron chi connectivity index (χ0n) is 13.7. The van der Waals surface area contributed by atoms with E-state index in [2.05, 4.69) is 10.2 Å². The predicted octanol–water partition coefficient (Wildman–Crippen LogP) is 5.95. The fourth-order valence-electron chi connectivity index (χ4n) is 2.50. The van der Waals surface area contributed by atoms with Crippen molar-refractivity contribution in [3.63, 3.8) is 0 Å². The fourth-order valence-corrected chi connectivity index (χ4v) is 2.50. The number of carbonyl (C=O) groups is 1. The molecule has 0 aliphatic rings. The molecule has 0 N–H and O–H groups in total. The Kier molecular flexibility index (Phi) is 4.62. The Labute approximate surface area is 141 Å². The van der Waals surface area contributed by atoms with Gasteiger partial charge < -0.3 is 0 Å². The smallest absolute Gasteiger partial charge is 0.195 e. The molecule has 118 valence electrons. The molecule has 0 bridgehead atoms. The topological polar surface area (TPSA) is 41.8 Å². The maximum Gasteiger partial charge on any atom is 0.195 e. The molecule has 0 aliphatic carbocycles. The molecule has 3 rings (SSSR count). The summed E-state index contributed by atoms with van der Waals surface area (Å²) in [6, 6.07) is 22.6. The van der Waals surface area contributed by atoms with Gasteiger partial charge in [0.1, 0.15) is 0 Å². The van der Waals surface area contributed by atoms with Gasteiger partial charge in [-0.2, -0.15) is 5.11 Å². The Morgan fingerprint density at radius 3 is 2.12 bits per heavy atom. The van der Waals surface area contributed by atoms with E-state index in [-0.39, 0.29) is 5.78 Å². The van der Waals surface area contributed by atoms with E-state index in [1.165, 1.54) is 0 Å². The highest BCUT2D eigenvalue weighted by molar-refractivity contribution is 6.12. The van der Waals surface area contributed by atoms with Crippen LogP contribution in [0.5, 0.6) is 0 Å². The van der Waals surface area contributed by atoms with Gasteiger partial charge in [0.2, 0.25) is 0 Å². The molecule has 3 aromatic carbocycles. The first-order chi connectivity index (χ1) is 11.7. The maximum atomic E-state index is 12.8. The average molecular weight is 314 g/mol. The van der Waals surface area contributed by atoms with Crippen LogP contribution in [0.4, 0.5) is 11.4 Å². The Morgan fingerprint density at radius 1 is 0.708 bits per heavy atom. The summed E-state index contributed by atoms with van der Waals surface area (Å²) in [4.78, 5) is 12.8. The monoisotopic (exact) mass is 314 g/mol. The van der Waals surface area contributed by atoms with Crippen molar-refractivity contribution in [3.05, 3.63) is 95.1 Å². The lowest BCUT2D eigenvalue weighted by Gasteiger charge is -2.07. The van der Waals surface area contributed by atoms with Crippen LogP contribution in [0, 0.1) is 13.8 Å². The number of nitrogens with zero attached hydrogens (tertiary/aromatic N) is 2. The quantitative estimate of drug-likeness (QED) is 0.433. The van der Waals surface area contributed by atoms with Gasteiger partial charge in [-0.3, -0.25) is 4.79 Å². The van der Waals surface area contributed by atoms with Gasteiger partial charge in [-0.25, -0.2) is 0 Å². The minimum Gasteiger partial charge on any atom is -0.289 e. The second-order valence-corrected chi connectivity index (χ2v) is 5.65. The number of benzene rings is 3. The van der Waals surface area contributed by atoms with Crippen LogP contribution in [0.2, 0.25) is 0 Å². The van der Waals surface area contributed by atoms with Crippen molar-refractivity contribution in [2.45, 2.75) is 13.8 Å². The van der Waals surface area contributed by atoms with Crippen LogP contribution in [0.25, 0.3) is 0 Å². The number of aryl methyl sites for hydroxylation is 2. The molecule has 3 nitrogen and oxygen atoms in total. The lowest BCUT2D eigenvalue weighted by Crippen LogP contribution is -2.02. The second kappa shape index (κ2) is 7.01. The molecule has 3 heteroatoms. The lowest BCUT2D eigenvalue weighted by molar-refractivity contribution is 0.103. The first-order valence-electron chi connectivity index (χ1n) is 7.83. The Hall–Kier alpha value is -3.07. The molecule has 0 aliphatic heterocycles. The Bertz CT molecular complexity index is 899. The third kappa shape index (κ3) is 3.30. The standard InChI is InChI=1S/C21H18N2O/c1-15-9-6-7-14-19(15)22-23-20-16(2)10-8-13-18(20)21(24)17-11-4-3-5-12-17/h3-14H,1-2H3. The molecular formula is C21H18N2O. The minimum absolute atomic E-state index is 0.0435. The summed E-state index contributed by atoms with van der Waals surface area (Å²) in [5, 5.41) is 8.73. The lowest BCUT2D eigenvalue weighted by atomic mass is 9.99. The molecule has 24 heavy (non-hydrogen) atoms. The number of hydrogen-bond acceptors (Lipinski definition) is 3. The van der Waals surface area contributed by atoms with Crippen LogP contribution in [-0.2, 0) is 0 Å². The van der Waals surface area contributed by atoms with Gasteiger partial charge >= 0.3 is 0 Å². The van der Waals surface area contributed by atoms with Crippen molar-refractivity contribution in [2.24, 2.45) is 10.2 Å². The second-order valence-electron chi connectivity index (χ2n) is 5.65. The fraction of sp³-hybridized carbons (Fsp3) is 0.0952. The van der Waals surface area contributed by atoms with Crippen molar-refractivity contribution in [1.29, 1.82) is 0 Å². The Balaban J connectivity index is 2.03. The largest absolute Gasteiger partial charge is 0.289 e. The van der Waals surface area contributed by atoms with Crippen molar-refractivity contribution in [2.75, 3.05) is 0 Å². The molecule has 0 amide bonds. The number of rotatable bonds is 4. The summed E-state index contributed by atoms with van der Waals surface area (Å²) in [7, 11) is 0. The van der Waals surface area contributed by atoms with E-state index >= 15 is 0 Å². The Morgan fingerprint density at radius 2 is 1.38 bits per heavy atom. The van der Waals surface area contributed by atoms with E-state index in [1.807, 2.05) is 80.6 Å². The van der Waals surface area contributed by atoms with Gasteiger partial charge in [0, 0.05) is 5.56 Å². The predicted molar refractivity (Wildman–Crippen MR) is 96.4 cm³/mol. The van der Waals surface area contributed by atoms with Crippen LogP contribution in [0.1, 0.15) is 27.0 Å². The molecule has 0 aromatic heterocycles. The van der Waals surface area contributed by atoms with Crippen LogP contribution >= 0.6 is 0 Å². The van der Waals surface area contributed by atoms with Gasteiger partial charge in [0.05, 0.1) is 16.9 Å². The molecule has 0 atom stereocenters. The van der Waals surface area contributed by atoms with Crippen molar-refractivity contribution >= 4 is 17.2 Å². The zero-order valence-corrected chi connectivity index (χ0v) is 13.7. The van der Waals surface area contributed by atoms with E-state index in [1.54, 1.807) is 6.07 Å². The number of carbonyl (C=O) groups excluding carboxylic acids is 1. The summed E-state index contributed by atoms with van der Waals surface area (Å²) >= 11 is 0. The molecular weight excluding hydrogens is 296 g/mol. The van der Waals surface area contributed by atoms with Crippen molar-refractivity contribution in [1.82, 2.24) is 0 Å². The summed E-state index contributed by atoms with van der Waals surface area (Å²) in [6.07, 6.45) is 0. The highest BCUT2D eigenvalue weighted by Gasteiger charge is 2.15. The summed E-state index contributed by atoms with van der Waals surface area (Å²) in [5.41, 5.74) is 4.61. The van der Waals surface area contributed by atoms with Gasteiger partial charge in [-0.05, 0) is 37.1 Å². The number of azo groups is 1. The number of hydrogen-bond donors (Lipinski definition) is 0. The summed E-state index contributed by atoms with van der Waals surface area (Å²) in [6.45, 7) is 3.93. The van der Waals surface area contributed by atoms with E-state index in [0.29, 0.717) is 16.8 Å². The van der Waals surface area contributed by atoms with Crippen LogP contribution < -0.4 is 0 Å². The van der Waals surface area contributed by atoms with E-state index in [9.17, 15) is 4.79 Å². The average Bonchev–Trinajstić information content (AvgIpc) is 2.62. The minimum atomic E-state index is -0.0435. The molecule has 0 saturated heterocycles. The van der Waals surface area contributed by atoms with Gasteiger partial charge in [-0.1, -0.05) is 60.7 Å². The maximum absolute atomic E-state index is 12.8. The third-order valence-corrected chi connectivity index (χ3v) is 3.89. The van der Waals surface area contributed by atoms with Gasteiger partial charge in [-0.15, -0.1) is 5.11 Å². The van der Waals surface area contributed by atoms with Gasteiger partial charge in [0.15, 0.2) is 5.78 Å². The van der Waals surface area contributed by atoms with Crippen molar-refractivity contribution < 1.29 is 4.79 Å². The normalized spacial score (nSPS) is 10.9. The molecule has 3 aromatic rings. The third-order valence-electron chi connectivity index (χ3n) is 3.89. The molecule has 0 spiro atoms. The zero-order chi connectivity index (χ0) is 16.9.